The molecule has 2 atom stereocenters. The van der Waals surface area contributed by atoms with Crippen LogP contribution in [0.2, 0.25) is 0 Å². The van der Waals surface area contributed by atoms with Crippen molar-refractivity contribution >= 4 is 39.6 Å². The van der Waals surface area contributed by atoms with E-state index in [4.69, 9.17) is 23.7 Å². The van der Waals surface area contributed by atoms with E-state index in [1.807, 2.05) is 16.7 Å². The molecule has 656 valence electrons. The van der Waals surface area contributed by atoms with Crippen LogP contribution in [-0.2, 0) is 45.5 Å². The predicted octanol–water partition coefficient (Wildman–Crippen LogP) is 14.9. The first-order valence-corrected chi connectivity index (χ1v) is 41.9. The summed E-state index contributed by atoms with van der Waals surface area (Å²) in [6.45, 7) is 17.3. The highest BCUT2D eigenvalue weighted by atomic mass is 32.2. The van der Waals surface area contributed by atoms with E-state index in [1.54, 1.807) is 88.4 Å². The van der Waals surface area contributed by atoms with Crippen molar-refractivity contribution in [3.05, 3.63) is 215 Å². The Morgan fingerprint density at radius 2 is 0.839 bits per heavy atom. The van der Waals surface area contributed by atoms with Crippen LogP contribution in [0.4, 0.5) is 62.8 Å². The summed E-state index contributed by atoms with van der Waals surface area (Å²) < 4.78 is 183. The van der Waals surface area contributed by atoms with Gasteiger partial charge in [0.2, 0.25) is 23.5 Å². The third-order valence-corrected chi connectivity index (χ3v) is 22.9. The first-order chi connectivity index (χ1) is 59.3. The number of methoxy groups -OCH3 is 4. The number of carbonyl (C=O) groups excluding carboxylic acids is 1. The van der Waals surface area contributed by atoms with Gasteiger partial charge in [0.05, 0.1) is 85.2 Å². The number of anilines is 4. The molecule has 3 aliphatic heterocycles. The molecule has 0 unspecified atom stereocenters. The second kappa shape index (κ2) is 40.0. The largest absolute Gasteiger partial charge is 0.481 e. The molecule has 0 amide bonds. The van der Waals surface area contributed by atoms with Crippen molar-refractivity contribution < 1.29 is 76.4 Å². The molecule has 0 radical (unpaired) electrons. The third-order valence-electron chi connectivity index (χ3n) is 21.9. The molecule has 8 aromatic heterocycles. The third kappa shape index (κ3) is 22.2. The summed E-state index contributed by atoms with van der Waals surface area (Å²) in [4.78, 5) is 50.2. The van der Waals surface area contributed by atoms with E-state index in [-0.39, 0.29) is 119 Å². The maximum absolute atomic E-state index is 14.7. The van der Waals surface area contributed by atoms with E-state index in [1.165, 1.54) is 79.0 Å². The Labute approximate surface area is 710 Å². The van der Waals surface area contributed by atoms with Gasteiger partial charge in [-0.3, -0.25) is 4.79 Å². The van der Waals surface area contributed by atoms with Crippen molar-refractivity contribution in [2.24, 2.45) is 22.7 Å². The highest BCUT2D eigenvalue weighted by molar-refractivity contribution is 7.90. The highest BCUT2D eigenvalue weighted by Gasteiger charge is 2.37. The highest BCUT2D eigenvalue weighted by Crippen LogP contribution is 2.41. The van der Waals surface area contributed by atoms with E-state index < -0.39 is 51.0 Å². The summed E-state index contributed by atoms with van der Waals surface area (Å²) in [5.41, 5.74) is 3.40. The SMILES string of the molecule is COc1cc(-c2ncc(F)c(N3CCC(C)(C(C)C)CC3)n2)nn1Cc1cccc(F)c1F.COc1cc(-c2ncc(F)c(N3CCC(C)(C)CC3)n2)nn1Cc1ccccc1F.COc1cc(-c2ncc(F)c(N3CCC[C@H](C)[C@@H]3OC=O)n2)nn1Cc1ccccc1F.COc1cc(-c2ncc(F)c(NCCS(C)(=O)=O)n2)nn1Cc1ccccc1F. The lowest BCUT2D eigenvalue weighted by molar-refractivity contribution is -0.136. The van der Waals surface area contributed by atoms with Crippen molar-refractivity contribution in [3.8, 4) is 69.6 Å². The van der Waals surface area contributed by atoms with Crippen LogP contribution in [0.3, 0.4) is 0 Å². The molecule has 3 aliphatic rings. The second-order valence-electron chi connectivity index (χ2n) is 31.3. The van der Waals surface area contributed by atoms with Crippen LogP contribution < -0.4 is 39.0 Å². The first-order valence-electron chi connectivity index (χ1n) is 39.9. The molecule has 124 heavy (non-hydrogen) atoms. The fourth-order valence-electron chi connectivity index (χ4n) is 14.2. The van der Waals surface area contributed by atoms with Gasteiger partial charge in [-0.1, -0.05) is 108 Å². The van der Waals surface area contributed by atoms with Crippen LogP contribution in [0.5, 0.6) is 23.5 Å². The van der Waals surface area contributed by atoms with Crippen molar-refractivity contribution in [1.82, 2.24) is 79.0 Å². The van der Waals surface area contributed by atoms with E-state index in [9.17, 15) is 52.7 Å². The van der Waals surface area contributed by atoms with Gasteiger partial charge >= 0.3 is 0 Å². The van der Waals surface area contributed by atoms with Crippen LogP contribution in [-0.4, -0.2) is 180 Å². The Hall–Kier alpha value is -12.8. The van der Waals surface area contributed by atoms with Gasteiger partial charge in [-0.15, -0.1) is 0 Å². The molecule has 0 saturated carbocycles. The molecule has 38 heteroatoms. The molecule has 12 aromatic rings. The minimum absolute atomic E-state index is 0.00273. The van der Waals surface area contributed by atoms with Gasteiger partial charge in [-0.2, -0.15) is 20.4 Å². The lowest BCUT2D eigenvalue weighted by Crippen LogP contribution is -2.47. The predicted molar refractivity (Wildman–Crippen MR) is 446 cm³/mol. The number of aromatic nitrogens is 16. The number of rotatable bonds is 26. The van der Waals surface area contributed by atoms with E-state index in [0.717, 1.165) is 82.5 Å². The number of piperidine rings is 3. The van der Waals surface area contributed by atoms with Gasteiger partial charge in [0.15, 0.2) is 87.7 Å². The minimum atomic E-state index is -3.20. The van der Waals surface area contributed by atoms with Crippen LogP contribution in [0.15, 0.2) is 140 Å². The topological polar surface area (TPSA) is 294 Å². The average Bonchev–Trinajstić information content (AvgIpc) is 1.43. The van der Waals surface area contributed by atoms with Crippen LogP contribution >= 0.6 is 0 Å². The Morgan fingerprint density at radius 1 is 0.476 bits per heavy atom. The van der Waals surface area contributed by atoms with Crippen LogP contribution in [0.1, 0.15) is 102 Å². The molecule has 3 saturated heterocycles. The summed E-state index contributed by atoms with van der Waals surface area (Å²) in [6, 6.07) is 29.6. The lowest BCUT2D eigenvalue weighted by atomic mass is 9.72. The molecule has 15 rings (SSSR count). The number of nitrogens with one attached hydrogen (secondary N) is 1. The normalized spacial score (nSPS) is 15.5. The van der Waals surface area contributed by atoms with Gasteiger partial charge in [0.1, 0.15) is 50.1 Å². The van der Waals surface area contributed by atoms with E-state index in [2.05, 4.69) is 100 Å². The van der Waals surface area contributed by atoms with Crippen molar-refractivity contribution in [2.75, 3.05) is 99.7 Å². The molecule has 4 aromatic carbocycles. The fourth-order valence-corrected chi connectivity index (χ4v) is 14.7. The smallest absolute Gasteiger partial charge is 0.295 e. The summed E-state index contributed by atoms with van der Waals surface area (Å²) in [6.07, 6.45) is 10.3. The van der Waals surface area contributed by atoms with E-state index in [0.29, 0.717) is 101 Å². The summed E-state index contributed by atoms with van der Waals surface area (Å²) in [5.74, 6) is -2.02. The lowest BCUT2D eigenvalue weighted by Gasteiger charge is -2.42. The Morgan fingerprint density at radius 3 is 1.23 bits per heavy atom. The van der Waals surface area contributed by atoms with Crippen molar-refractivity contribution in [3.63, 3.8) is 0 Å². The number of halogens is 9. The van der Waals surface area contributed by atoms with E-state index >= 15 is 0 Å². The zero-order valence-electron chi connectivity index (χ0n) is 70.2. The number of sulfone groups is 1. The average molecular weight is 1740 g/mol. The molecule has 3 fully saturated rings. The monoisotopic (exact) mass is 1740 g/mol. The summed E-state index contributed by atoms with van der Waals surface area (Å²) >= 11 is 0. The molecule has 1 N–H and O–H groups in total. The fraction of sp³-hybridized carbons (Fsp3) is 0.384. The minimum Gasteiger partial charge on any atom is -0.481 e. The molecule has 28 nitrogen and oxygen atoms in total. The number of ether oxygens (including phenoxy) is 5. The number of nitrogens with zero attached hydrogens (tertiary/aromatic N) is 19. The molecular weight excluding hydrogens is 1640 g/mol. The first kappa shape index (κ1) is 90.5. The Balaban J connectivity index is 0.000000151. The number of benzene rings is 4. The van der Waals surface area contributed by atoms with Gasteiger partial charge in [0, 0.05) is 98.0 Å². The van der Waals surface area contributed by atoms with Crippen LogP contribution in [0.25, 0.3) is 46.1 Å². The number of hydrogen-bond acceptors (Lipinski definition) is 24. The van der Waals surface area contributed by atoms with Gasteiger partial charge < -0.3 is 43.7 Å². The van der Waals surface area contributed by atoms with Crippen LogP contribution in [0, 0.1) is 75.0 Å². The zero-order chi connectivity index (χ0) is 88.7. The standard InChI is InChI=1S/C24H28F3N5O.C22H23F2N5O3.C22H25F2N5O.C18H19F2N5O3S/c1-15(2)24(3)8-10-31(11-9-24)23-18(26)13-28-22(29-23)19-12-20(33-4)32(30-19)14-16-6-5-7-17(25)21(16)27;1-14-6-5-9-28(22(14)32-13-30)21-17(24)11-25-20(26-21)18-10-19(31-2)29(27-18)12-15-7-3-4-8-16(15)23;1-22(2)8-10-28(11-9-22)21-17(24)13-25-20(26-21)18-12-19(30-3)29(27-18)14-15-6-4-5-7-16(15)23;1-28-16-9-15(24-25(16)11-12-5-3-4-6-13(12)19)18-22-10-14(20)17(23-18)21-7-8-29(2,26)27/h5-7,12-13,15H,8-11,14H2,1-4H3;3-4,7-8,10-11,13-14,22H,5-6,9,12H2,1-2H3;4-7,12-13H,8-11,14H2,1-3H3;3-6,9-10H,7-8,11H2,1-2H3,(H,21,22,23)/t;14-,22-;;/m.0../s1. The number of carbonyl (C=O) groups is 1. The molecule has 0 bridgehead atoms. The van der Waals surface area contributed by atoms with Crippen molar-refractivity contribution in [2.45, 2.75) is 112 Å². The maximum Gasteiger partial charge on any atom is 0.295 e. The summed E-state index contributed by atoms with van der Waals surface area (Å²) in [7, 11) is 2.70. The molecule has 11 heterocycles. The Bertz CT molecular complexity index is 5800. The molecular formula is C86H95F9N20O8S. The molecule has 0 spiro atoms. The van der Waals surface area contributed by atoms with Crippen molar-refractivity contribution in [1.29, 1.82) is 0 Å². The second-order valence-corrected chi connectivity index (χ2v) is 33.6. The zero-order valence-corrected chi connectivity index (χ0v) is 71.0. The molecule has 0 aliphatic carbocycles. The number of hydrogen-bond donors (Lipinski definition) is 1. The van der Waals surface area contributed by atoms with Gasteiger partial charge in [-0.05, 0) is 79.5 Å². The van der Waals surface area contributed by atoms with Gasteiger partial charge in [-0.25, -0.2) is 107 Å². The van der Waals surface area contributed by atoms with Gasteiger partial charge in [0.25, 0.3) is 6.47 Å². The quantitative estimate of drug-likeness (QED) is 0.0389. The Kier molecular flexibility index (Phi) is 29.2. The summed E-state index contributed by atoms with van der Waals surface area (Å²) in [5, 5.41) is 20.3. The maximum atomic E-state index is 14.7.